The lowest BCUT2D eigenvalue weighted by molar-refractivity contribution is 0.241. The third-order valence-electron chi connectivity index (χ3n) is 2.25. The zero-order valence-electron chi connectivity index (χ0n) is 7.49. The van der Waals surface area contributed by atoms with Gasteiger partial charge in [-0.15, -0.1) is 0 Å². The molecule has 0 unspecified atom stereocenters. The summed E-state index contributed by atoms with van der Waals surface area (Å²) in [6.45, 7) is 0.448. The largest absolute Gasteiger partial charge is 0.443 e. The molecule has 0 saturated heterocycles. The highest BCUT2D eigenvalue weighted by atomic mass is 16.6. The summed E-state index contributed by atoms with van der Waals surface area (Å²) in [4.78, 5) is 0. The van der Waals surface area contributed by atoms with Crippen LogP contribution in [0.25, 0.3) is 17.0 Å². The SMILES string of the molecule is C1=Cc2c(oc3ccccc23)OCN1. The number of rotatable bonds is 0. The monoisotopic (exact) mass is 187 g/mol. The molecular weight excluding hydrogens is 178 g/mol. The number of nitrogens with one attached hydrogen (secondary N) is 1. The third kappa shape index (κ3) is 0.988. The lowest BCUT2D eigenvalue weighted by atomic mass is 10.2. The van der Waals surface area contributed by atoms with Gasteiger partial charge in [-0.25, -0.2) is 0 Å². The molecule has 1 aliphatic rings. The van der Waals surface area contributed by atoms with Crippen molar-refractivity contribution in [2.24, 2.45) is 0 Å². The highest BCUT2D eigenvalue weighted by Gasteiger charge is 2.13. The summed E-state index contributed by atoms with van der Waals surface area (Å²) in [5.74, 6) is 0.590. The molecule has 3 nitrogen and oxygen atoms in total. The van der Waals surface area contributed by atoms with Crippen molar-refractivity contribution in [2.75, 3.05) is 6.73 Å². The van der Waals surface area contributed by atoms with Crippen LogP contribution in [0, 0.1) is 0 Å². The van der Waals surface area contributed by atoms with Crippen molar-refractivity contribution < 1.29 is 9.15 Å². The number of hydrogen-bond donors (Lipinski definition) is 1. The van der Waals surface area contributed by atoms with Gasteiger partial charge in [0.2, 0.25) is 0 Å². The zero-order valence-corrected chi connectivity index (χ0v) is 7.49. The fourth-order valence-electron chi connectivity index (χ4n) is 1.61. The lowest BCUT2D eigenvalue weighted by Gasteiger charge is -1.98. The number of para-hydroxylation sites is 1. The van der Waals surface area contributed by atoms with Gasteiger partial charge in [-0.05, 0) is 12.1 Å². The van der Waals surface area contributed by atoms with Crippen LogP contribution >= 0.6 is 0 Å². The van der Waals surface area contributed by atoms with Gasteiger partial charge in [-0.3, -0.25) is 0 Å². The summed E-state index contributed by atoms with van der Waals surface area (Å²) in [5.41, 5.74) is 1.87. The van der Waals surface area contributed by atoms with Gasteiger partial charge in [0.25, 0.3) is 5.95 Å². The van der Waals surface area contributed by atoms with Crippen LogP contribution < -0.4 is 10.1 Å². The van der Waals surface area contributed by atoms with E-state index < -0.39 is 0 Å². The molecule has 0 saturated carbocycles. The summed E-state index contributed by atoms with van der Waals surface area (Å²) >= 11 is 0. The fourth-order valence-corrected chi connectivity index (χ4v) is 1.61. The molecule has 1 aromatic heterocycles. The number of furan rings is 1. The molecule has 0 atom stereocenters. The minimum absolute atomic E-state index is 0.448. The molecular formula is C11H9NO2. The van der Waals surface area contributed by atoms with Gasteiger partial charge in [0.15, 0.2) is 6.73 Å². The Morgan fingerprint density at radius 2 is 2.14 bits per heavy atom. The van der Waals surface area contributed by atoms with Gasteiger partial charge in [-0.1, -0.05) is 18.2 Å². The first-order valence-corrected chi connectivity index (χ1v) is 4.49. The standard InChI is InChI=1S/C11H9NO2/c1-2-4-10-8(3-1)9-5-6-12-7-13-11(9)14-10/h1-6,12H,7H2. The lowest BCUT2D eigenvalue weighted by Crippen LogP contribution is -2.11. The van der Waals surface area contributed by atoms with E-state index in [9.17, 15) is 0 Å². The molecule has 2 aromatic rings. The van der Waals surface area contributed by atoms with E-state index >= 15 is 0 Å². The smallest absolute Gasteiger partial charge is 0.294 e. The minimum atomic E-state index is 0.448. The Hall–Kier alpha value is -1.90. The molecule has 0 radical (unpaired) electrons. The van der Waals surface area contributed by atoms with Gasteiger partial charge < -0.3 is 14.5 Å². The fraction of sp³-hybridized carbons (Fsp3) is 0.0909. The van der Waals surface area contributed by atoms with Crippen LogP contribution in [0.4, 0.5) is 0 Å². The molecule has 1 aromatic carbocycles. The summed E-state index contributed by atoms with van der Waals surface area (Å²) < 4.78 is 11.0. The summed E-state index contributed by atoms with van der Waals surface area (Å²) in [5, 5.41) is 4.07. The van der Waals surface area contributed by atoms with Gasteiger partial charge in [0, 0.05) is 11.6 Å². The van der Waals surface area contributed by atoms with Crippen LogP contribution in [0.15, 0.2) is 34.9 Å². The van der Waals surface area contributed by atoms with Crippen LogP contribution in [0.2, 0.25) is 0 Å². The van der Waals surface area contributed by atoms with E-state index in [1.807, 2.05) is 36.5 Å². The zero-order chi connectivity index (χ0) is 9.38. The predicted molar refractivity (Wildman–Crippen MR) is 53.9 cm³/mol. The summed E-state index contributed by atoms with van der Waals surface area (Å²) in [6.07, 6.45) is 3.84. The molecule has 0 spiro atoms. The van der Waals surface area contributed by atoms with Crippen LogP contribution in [0.5, 0.6) is 5.95 Å². The average molecular weight is 187 g/mol. The third-order valence-corrected chi connectivity index (χ3v) is 2.25. The van der Waals surface area contributed by atoms with E-state index in [-0.39, 0.29) is 0 Å². The molecule has 0 fully saturated rings. The van der Waals surface area contributed by atoms with Crippen molar-refractivity contribution in [2.45, 2.75) is 0 Å². The van der Waals surface area contributed by atoms with E-state index in [2.05, 4.69) is 5.32 Å². The van der Waals surface area contributed by atoms with Crippen LogP contribution in [-0.2, 0) is 0 Å². The average Bonchev–Trinajstić information content (AvgIpc) is 2.42. The topological polar surface area (TPSA) is 34.4 Å². The quantitative estimate of drug-likeness (QED) is 0.687. The first-order valence-electron chi connectivity index (χ1n) is 4.49. The maximum Gasteiger partial charge on any atom is 0.294 e. The van der Waals surface area contributed by atoms with E-state index in [0.29, 0.717) is 12.7 Å². The molecule has 0 bridgehead atoms. The van der Waals surface area contributed by atoms with Crippen molar-refractivity contribution in [1.82, 2.24) is 5.32 Å². The van der Waals surface area contributed by atoms with E-state index in [4.69, 9.17) is 9.15 Å². The summed E-state index contributed by atoms with van der Waals surface area (Å²) in [7, 11) is 0. The molecule has 70 valence electrons. The van der Waals surface area contributed by atoms with Gasteiger partial charge >= 0.3 is 0 Å². The maximum absolute atomic E-state index is 5.56. The highest BCUT2D eigenvalue weighted by molar-refractivity contribution is 5.89. The Morgan fingerprint density at radius 3 is 3.14 bits per heavy atom. The Labute approximate surface area is 81.0 Å². The molecule has 0 amide bonds. The molecule has 1 aliphatic heterocycles. The first kappa shape index (κ1) is 7.50. The van der Waals surface area contributed by atoms with Crippen molar-refractivity contribution >= 4 is 17.0 Å². The second kappa shape index (κ2) is 2.80. The summed E-state index contributed by atoms with van der Waals surface area (Å²) in [6, 6.07) is 7.91. The Morgan fingerprint density at radius 1 is 1.21 bits per heavy atom. The second-order valence-corrected chi connectivity index (χ2v) is 3.13. The first-order chi connectivity index (χ1) is 6.95. The van der Waals surface area contributed by atoms with Crippen molar-refractivity contribution in [3.63, 3.8) is 0 Å². The maximum atomic E-state index is 5.56. The molecule has 0 aliphatic carbocycles. The molecule has 2 heterocycles. The van der Waals surface area contributed by atoms with Crippen LogP contribution in [-0.4, -0.2) is 6.73 Å². The number of ether oxygens (including phenoxy) is 1. The number of hydrogen-bond acceptors (Lipinski definition) is 3. The molecule has 3 heteroatoms. The van der Waals surface area contributed by atoms with Crippen LogP contribution in [0.3, 0.4) is 0 Å². The van der Waals surface area contributed by atoms with Gasteiger partial charge in [0.05, 0.1) is 5.56 Å². The van der Waals surface area contributed by atoms with Crippen molar-refractivity contribution in [3.8, 4) is 5.95 Å². The molecule has 14 heavy (non-hydrogen) atoms. The van der Waals surface area contributed by atoms with Gasteiger partial charge in [-0.2, -0.15) is 0 Å². The van der Waals surface area contributed by atoms with E-state index in [0.717, 1.165) is 16.5 Å². The highest BCUT2D eigenvalue weighted by Crippen LogP contribution is 2.33. The Balaban J connectivity index is 2.34. The van der Waals surface area contributed by atoms with Crippen LogP contribution in [0.1, 0.15) is 5.56 Å². The van der Waals surface area contributed by atoms with Gasteiger partial charge in [0.1, 0.15) is 5.58 Å². The Bertz CT molecular complexity index is 499. The molecule has 3 rings (SSSR count). The molecule has 1 N–H and O–H groups in total. The van der Waals surface area contributed by atoms with Crippen molar-refractivity contribution in [1.29, 1.82) is 0 Å². The van der Waals surface area contributed by atoms with E-state index in [1.165, 1.54) is 0 Å². The normalized spacial score (nSPS) is 14.3. The minimum Gasteiger partial charge on any atom is -0.443 e. The second-order valence-electron chi connectivity index (χ2n) is 3.13. The number of benzene rings is 1. The Kier molecular flexibility index (Phi) is 1.50. The van der Waals surface area contributed by atoms with Crippen molar-refractivity contribution in [3.05, 3.63) is 36.0 Å². The number of fused-ring (bicyclic) bond motifs is 3. The van der Waals surface area contributed by atoms with E-state index in [1.54, 1.807) is 0 Å². The predicted octanol–water partition coefficient (Wildman–Crippen LogP) is 2.34.